The predicted octanol–water partition coefficient (Wildman–Crippen LogP) is 2.57. The number of ketones is 1. The minimum Gasteiger partial charge on any atom is -0.318 e. The van der Waals surface area contributed by atoms with Gasteiger partial charge in [-0.1, -0.05) is 45.0 Å². The number of carbonyl (C=O) groups is 1. The zero-order valence-electron chi connectivity index (χ0n) is 9.87. The van der Waals surface area contributed by atoms with Gasteiger partial charge in [-0.15, -0.1) is 0 Å². The van der Waals surface area contributed by atoms with Crippen molar-refractivity contribution >= 4 is 5.78 Å². The molecule has 2 N–H and O–H groups in total. The van der Waals surface area contributed by atoms with Crippen molar-refractivity contribution in [3.63, 3.8) is 0 Å². The van der Waals surface area contributed by atoms with E-state index in [1.807, 2.05) is 18.2 Å². The first-order chi connectivity index (χ1) is 6.82. The third-order valence-electron chi connectivity index (χ3n) is 2.55. The molecule has 0 spiro atoms. The standard InChI is InChI=1S/C13H19NO/c1-9(15)12(14)10-6-5-7-11(8-10)13(2,3)4/h5-8,12H,14H2,1-4H3. The number of Topliss-reactive ketones (excluding diaryl/α,β-unsaturated/α-hetero) is 1. The van der Waals surface area contributed by atoms with E-state index in [2.05, 4.69) is 26.8 Å². The van der Waals surface area contributed by atoms with Crippen LogP contribution in [0.3, 0.4) is 0 Å². The maximum absolute atomic E-state index is 11.2. The largest absolute Gasteiger partial charge is 0.318 e. The lowest BCUT2D eigenvalue weighted by Crippen LogP contribution is -2.20. The van der Waals surface area contributed by atoms with Crippen LogP contribution in [0.1, 0.15) is 44.9 Å². The molecule has 2 heteroatoms. The van der Waals surface area contributed by atoms with Gasteiger partial charge in [-0.3, -0.25) is 4.79 Å². The summed E-state index contributed by atoms with van der Waals surface area (Å²) >= 11 is 0. The van der Waals surface area contributed by atoms with E-state index in [-0.39, 0.29) is 11.2 Å². The Morgan fingerprint density at radius 2 is 1.93 bits per heavy atom. The van der Waals surface area contributed by atoms with Gasteiger partial charge in [0.05, 0.1) is 6.04 Å². The first-order valence-corrected chi connectivity index (χ1v) is 5.19. The van der Waals surface area contributed by atoms with Gasteiger partial charge in [0.1, 0.15) is 0 Å². The fourth-order valence-electron chi connectivity index (χ4n) is 1.43. The minimum absolute atomic E-state index is 0.000981. The van der Waals surface area contributed by atoms with Gasteiger partial charge in [0, 0.05) is 0 Å². The number of benzene rings is 1. The normalized spacial score (nSPS) is 13.7. The summed E-state index contributed by atoms with van der Waals surface area (Å²) in [5, 5.41) is 0. The van der Waals surface area contributed by atoms with E-state index in [4.69, 9.17) is 5.73 Å². The van der Waals surface area contributed by atoms with Crippen LogP contribution in [0.15, 0.2) is 24.3 Å². The van der Waals surface area contributed by atoms with Crippen LogP contribution >= 0.6 is 0 Å². The Balaban J connectivity index is 3.08. The second-order valence-corrected chi connectivity index (χ2v) is 4.96. The highest BCUT2D eigenvalue weighted by Crippen LogP contribution is 2.24. The molecule has 0 aliphatic carbocycles. The Hall–Kier alpha value is -1.15. The minimum atomic E-state index is -0.493. The quantitative estimate of drug-likeness (QED) is 0.806. The van der Waals surface area contributed by atoms with Gasteiger partial charge in [0.2, 0.25) is 0 Å². The fourth-order valence-corrected chi connectivity index (χ4v) is 1.43. The van der Waals surface area contributed by atoms with E-state index >= 15 is 0 Å². The molecule has 2 nitrogen and oxygen atoms in total. The van der Waals surface area contributed by atoms with Crippen molar-refractivity contribution in [2.45, 2.75) is 39.2 Å². The van der Waals surface area contributed by atoms with Crippen LogP contribution in [0.2, 0.25) is 0 Å². The topological polar surface area (TPSA) is 43.1 Å². The molecule has 1 unspecified atom stereocenters. The van der Waals surface area contributed by atoms with E-state index in [9.17, 15) is 4.79 Å². The number of hydrogen-bond donors (Lipinski definition) is 1. The molecule has 1 aromatic carbocycles. The zero-order valence-corrected chi connectivity index (χ0v) is 9.87. The van der Waals surface area contributed by atoms with E-state index in [1.54, 1.807) is 0 Å². The van der Waals surface area contributed by atoms with Crippen LogP contribution in [0.25, 0.3) is 0 Å². The van der Waals surface area contributed by atoms with E-state index < -0.39 is 6.04 Å². The van der Waals surface area contributed by atoms with Crippen molar-refractivity contribution in [2.75, 3.05) is 0 Å². The molecule has 0 saturated heterocycles. The molecule has 0 amide bonds. The average molecular weight is 205 g/mol. The molecule has 0 fully saturated rings. The van der Waals surface area contributed by atoms with Gasteiger partial charge in [-0.25, -0.2) is 0 Å². The Morgan fingerprint density at radius 3 is 2.40 bits per heavy atom. The highest BCUT2D eigenvalue weighted by atomic mass is 16.1. The molecule has 1 atom stereocenters. The van der Waals surface area contributed by atoms with Crippen LogP contribution in [0.4, 0.5) is 0 Å². The highest BCUT2D eigenvalue weighted by Gasteiger charge is 2.16. The van der Waals surface area contributed by atoms with Gasteiger partial charge in [-0.2, -0.15) is 0 Å². The lowest BCUT2D eigenvalue weighted by molar-refractivity contribution is -0.118. The van der Waals surface area contributed by atoms with Gasteiger partial charge in [0.15, 0.2) is 5.78 Å². The summed E-state index contributed by atoms with van der Waals surface area (Å²) in [5.41, 5.74) is 7.99. The summed E-state index contributed by atoms with van der Waals surface area (Å²) in [5.74, 6) is 0.000981. The molecule has 0 bridgehead atoms. The Labute approximate surface area is 91.5 Å². The summed E-state index contributed by atoms with van der Waals surface area (Å²) in [4.78, 5) is 11.2. The zero-order chi connectivity index (χ0) is 11.6. The monoisotopic (exact) mass is 205 g/mol. The number of hydrogen-bond acceptors (Lipinski definition) is 2. The number of nitrogens with two attached hydrogens (primary N) is 1. The molecule has 15 heavy (non-hydrogen) atoms. The van der Waals surface area contributed by atoms with Gasteiger partial charge in [0.25, 0.3) is 0 Å². The molecule has 82 valence electrons. The summed E-state index contributed by atoms with van der Waals surface area (Å²) in [6, 6.07) is 7.45. The predicted molar refractivity (Wildman–Crippen MR) is 62.8 cm³/mol. The second kappa shape index (κ2) is 4.15. The molecule has 1 aromatic rings. The smallest absolute Gasteiger partial charge is 0.150 e. The second-order valence-electron chi connectivity index (χ2n) is 4.96. The lowest BCUT2D eigenvalue weighted by atomic mass is 9.85. The third-order valence-corrected chi connectivity index (χ3v) is 2.55. The summed E-state index contributed by atoms with van der Waals surface area (Å²) in [6.07, 6.45) is 0. The van der Waals surface area contributed by atoms with Crippen molar-refractivity contribution in [1.82, 2.24) is 0 Å². The Morgan fingerprint density at radius 1 is 1.33 bits per heavy atom. The van der Waals surface area contributed by atoms with Crippen molar-refractivity contribution in [3.05, 3.63) is 35.4 Å². The van der Waals surface area contributed by atoms with E-state index in [1.165, 1.54) is 12.5 Å². The number of rotatable bonds is 2. The van der Waals surface area contributed by atoms with Gasteiger partial charge < -0.3 is 5.73 Å². The van der Waals surface area contributed by atoms with Crippen LogP contribution in [-0.4, -0.2) is 5.78 Å². The molecule has 1 rings (SSSR count). The van der Waals surface area contributed by atoms with Crippen LogP contribution < -0.4 is 5.73 Å². The van der Waals surface area contributed by atoms with Crippen molar-refractivity contribution < 1.29 is 4.79 Å². The third kappa shape index (κ3) is 2.90. The van der Waals surface area contributed by atoms with Crippen molar-refractivity contribution in [1.29, 1.82) is 0 Å². The molecule has 0 radical (unpaired) electrons. The van der Waals surface area contributed by atoms with E-state index in [0.717, 1.165) is 5.56 Å². The van der Waals surface area contributed by atoms with E-state index in [0.29, 0.717) is 0 Å². The average Bonchev–Trinajstić information content (AvgIpc) is 2.15. The van der Waals surface area contributed by atoms with Gasteiger partial charge >= 0.3 is 0 Å². The summed E-state index contributed by atoms with van der Waals surface area (Å²) < 4.78 is 0. The van der Waals surface area contributed by atoms with Crippen molar-refractivity contribution in [3.8, 4) is 0 Å². The highest BCUT2D eigenvalue weighted by molar-refractivity contribution is 5.82. The first kappa shape index (κ1) is 11.9. The summed E-state index contributed by atoms with van der Waals surface area (Å²) in [6.45, 7) is 7.96. The summed E-state index contributed by atoms with van der Waals surface area (Å²) in [7, 11) is 0. The van der Waals surface area contributed by atoms with Crippen LogP contribution in [-0.2, 0) is 10.2 Å². The van der Waals surface area contributed by atoms with Crippen molar-refractivity contribution in [2.24, 2.45) is 5.73 Å². The molecule has 0 aromatic heterocycles. The first-order valence-electron chi connectivity index (χ1n) is 5.19. The molecule has 0 aliphatic rings. The Bertz CT molecular complexity index is 363. The van der Waals surface area contributed by atoms with Crippen LogP contribution in [0, 0.1) is 0 Å². The maximum atomic E-state index is 11.2. The Kier molecular flexibility index (Phi) is 3.30. The van der Waals surface area contributed by atoms with Crippen LogP contribution in [0.5, 0.6) is 0 Å². The molecular formula is C13H19NO. The molecular weight excluding hydrogens is 186 g/mol. The number of carbonyl (C=O) groups excluding carboxylic acids is 1. The maximum Gasteiger partial charge on any atom is 0.150 e. The van der Waals surface area contributed by atoms with Gasteiger partial charge in [-0.05, 0) is 23.5 Å². The fraction of sp³-hybridized carbons (Fsp3) is 0.462. The molecule has 0 saturated carbocycles. The SMILES string of the molecule is CC(=O)C(N)c1cccc(C(C)(C)C)c1. The lowest BCUT2D eigenvalue weighted by Gasteiger charge is -2.20. The molecule has 0 aliphatic heterocycles. The molecule has 0 heterocycles.